The molecule has 1 aliphatic rings. The maximum absolute atomic E-state index is 11.2. The minimum atomic E-state index is -0.477. The summed E-state index contributed by atoms with van der Waals surface area (Å²) in [7, 11) is 1.40. The van der Waals surface area contributed by atoms with Crippen LogP contribution in [-0.4, -0.2) is 22.0 Å². The van der Waals surface area contributed by atoms with Gasteiger partial charge in [0.15, 0.2) is 5.75 Å². The number of thiophene rings is 1. The van der Waals surface area contributed by atoms with Gasteiger partial charge in [0.2, 0.25) is 5.28 Å². The lowest BCUT2D eigenvalue weighted by atomic mass is 10.2. The van der Waals surface area contributed by atoms with E-state index in [-0.39, 0.29) is 16.7 Å². The Balaban J connectivity index is 1.81. The Morgan fingerprint density at radius 1 is 1.36 bits per heavy atom. The number of hydrogen-bond donors (Lipinski definition) is 1. The van der Waals surface area contributed by atoms with Gasteiger partial charge in [-0.1, -0.05) is 0 Å². The van der Waals surface area contributed by atoms with E-state index in [1.165, 1.54) is 23.6 Å². The highest BCUT2D eigenvalue weighted by molar-refractivity contribution is 7.19. The van der Waals surface area contributed by atoms with Crippen molar-refractivity contribution < 1.29 is 9.66 Å². The zero-order valence-corrected chi connectivity index (χ0v) is 14.8. The Bertz CT molecular complexity index is 1000. The lowest BCUT2D eigenvalue weighted by Gasteiger charge is -2.09. The average Bonchev–Trinajstić information content (AvgIpc) is 3.14. The molecule has 3 aromatic rings. The first kappa shape index (κ1) is 16.0. The molecule has 9 heteroatoms. The molecule has 0 amide bonds. The van der Waals surface area contributed by atoms with Crippen LogP contribution < -0.4 is 10.1 Å². The lowest BCUT2D eigenvalue weighted by Crippen LogP contribution is -1.99. The van der Waals surface area contributed by atoms with E-state index in [0.717, 1.165) is 29.5 Å². The van der Waals surface area contributed by atoms with E-state index in [1.54, 1.807) is 23.5 Å². The molecular formula is C16H13ClN4O3S. The van der Waals surface area contributed by atoms with E-state index in [1.807, 2.05) is 0 Å². The smallest absolute Gasteiger partial charge is 0.312 e. The second kappa shape index (κ2) is 6.12. The molecule has 4 rings (SSSR count). The SMILES string of the molecule is COc1ccc(Nc2nc(Cl)nc3sc4c(c23)CCC4)cc1[N+](=O)[O-]. The number of nitrogens with zero attached hydrogens (tertiary/aromatic N) is 3. The molecule has 7 nitrogen and oxygen atoms in total. The van der Waals surface area contributed by atoms with Crippen LogP contribution in [0.4, 0.5) is 17.2 Å². The van der Waals surface area contributed by atoms with Crippen LogP contribution in [0.2, 0.25) is 5.28 Å². The van der Waals surface area contributed by atoms with Crippen LogP contribution in [0.15, 0.2) is 18.2 Å². The van der Waals surface area contributed by atoms with Crippen molar-refractivity contribution in [3.05, 3.63) is 44.0 Å². The number of benzene rings is 1. The second-order valence-corrected chi connectivity index (χ2v) is 7.07. The van der Waals surface area contributed by atoms with Crippen molar-refractivity contribution in [1.82, 2.24) is 9.97 Å². The number of halogens is 1. The van der Waals surface area contributed by atoms with Crippen molar-refractivity contribution in [3.63, 3.8) is 0 Å². The quantitative estimate of drug-likeness (QED) is 0.409. The van der Waals surface area contributed by atoms with Crippen molar-refractivity contribution in [2.45, 2.75) is 19.3 Å². The molecule has 0 fully saturated rings. The van der Waals surface area contributed by atoms with E-state index >= 15 is 0 Å². The van der Waals surface area contributed by atoms with E-state index in [4.69, 9.17) is 16.3 Å². The van der Waals surface area contributed by atoms with Gasteiger partial charge in [0.05, 0.1) is 17.4 Å². The summed E-state index contributed by atoms with van der Waals surface area (Å²) in [6.07, 6.45) is 3.15. The minimum Gasteiger partial charge on any atom is -0.490 e. The maximum Gasteiger partial charge on any atom is 0.312 e. The van der Waals surface area contributed by atoms with Crippen LogP contribution in [0.5, 0.6) is 5.75 Å². The summed E-state index contributed by atoms with van der Waals surface area (Å²) >= 11 is 7.69. The molecule has 0 unspecified atom stereocenters. The van der Waals surface area contributed by atoms with Gasteiger partial charge >= 0.3 is 5.69 Å². The van der Waals surface area contributed by atoms with Gasteiger partial charge in [0.1, 0.15) is 10.6 Å². The van der Waals surface area contributed by atoms with E-state index in [2.05, 4.69) is 15.3 Å². The van der Waals surface area contributed by atoms with Crippen LogP contribution in [0.3, 0.4) is 0 Å². The third-order valence-electron chi connectivity index (χ3n) is 4.18. The largest absolute Gasteiger partial charge is 0.490 e. The number of nitrogens with one attached hydrogen (secondary N) is 1. The molecule has 0 saturated carbocycles. The fourth-order valence-corrected chi connectivity index (χ4v) is 4.59. The summed E-state index contributed by atoms with van der Waals surface area (Å²) in [5.41, 5.74) is 1.68. The number of fused-ring (bicyclic) bond motifs is 3. The van der Waals surface area contributed by atoms with Crippen molar-refractivity contribution in [2.75, 3.05) is 12.4 Å². The zero-order valence-electron chi connectivity index (χ0n) is 13.2. The van der Waals surface area contributed by atoms with E-state index in [0.29, 0.717) is 11.5 Å². The average molecular weight is 377 g/mol. The number of rotatable bonds is 4. The molecule has 0 saturated heterocycles. The van der Waals surface area contributed by atoms with Gasteiger partial charge in [-0.2, -0.15) is 4.98 Å². The number of ether oxygens (including phenoxy) is 1. The van der Waals surface area contributed by atoms with E-state index in [9.17, 15) is 10.1 Å². The van der Waals surface area contributed by atoms with Crippen LogP contribution in [-0.2, 0) is 12.8 Å². The lowest BCUT2D eigenvalue weighted by molar-refractivity contribution is -0.385. The Kier molecular flexibility index (Phi) is 3.93. The third kappa shape index (κ3) is 2.77. The first-order valence-corrected chi connectivity index (χ1v) is 8.83. The topological polar surface area (TPSA) is 90.2 Å². The number of aryl methyl sites for hydroxylation is 2. The van der Waals surface area contributed by atoms with Crippen LogP contribution in [0.1, 0.15) is 16.9 Å². The van der Waals surface area contributed by atoms with Crippen molar-refractivity contribution in [2.24, 2.45) is 0 Å². The Morgan fingerprint density at radius 2 is 2.20 bits per heavy atom. The summed E-state index contributed by atoms with van der Waals surface area (Å²) in [6, 6.07) is 4.69. The van der Waals surface area contributed by atoms with Gasteiger partial charge in [-0.25, -0.2) is 4.98 Å². The molecule has 1 aromatic carbocycles. The normalized spacial score (nSPS) is 13.0. The number of hydrogen-bond acceptors (Lipinski definition) is 7. The molecule has 128 valence electrons. The summed E-state index contributed by atoms with van der Waals surface area (Å²) < 4.78 is 5.03. The van der Waals surface area contributed by atoms with Gasteiger partial charge in [-0.15, -0.1) is 11.3 Å². The maximum atomic E-state index is 11.2. The predicted molar refractivity (Wildman–Crippen MR) is 97.4 cm³/mol. The van der Waals surface area contributed by atoms with Crippen LogP contribution >= 0.6 is 22.9 Å². The van der Waals surface area contributed by atoms with Crippen molar-refractivity contribution in [3.8, 4) is 5.75 Å². The van der Waals surface area contributed by atoms with Gasteiger partial charge < -0.3 is 10.1 Å². The Hall–Kier alpha value is -2.45. The minimum absolute atomic E-state index is 0.112. The Labute approximate surface area is 151 Å². The number of nitro benzene ring substituents is 1. The highest BCUT2D eigenvalue weighted by Gasteiger charge is 2.23. The summed E-state index contributed by atoms with van der Waals surface area (Å²) in [5, 5.41) is 15.5. The highest BCUT2D eigenvalue weighted by Crippen LogP contribution is 2.41. The molecule has 0 atom stereocenters. The molecule has 1 aliphatic carbocycles. The number of methoxy groups -OCH3 is 1. The molecule has 1 N–H and O–H groups in total. The fraction of sp³-hybridized carbons (Fsp3) is 0.250. The van der Waals surface area contributed by atoms with E-state index < -0.39 is 4.92 Å². The van der Waals surface area contributed by atoms with Crippen molar-refractivity contribution >= 4 is 50.3 Å². The monoisotopic (exact) mass is 376 g/mol. The second-order valence-electron chi connectivity index (χ2n) is 5.65. The van der Waals surface area contributed by atoms with Gasteiger partial charge in [-0.05, 0) is 48.6 Å². The fourth-order valence-electron chi connectivity index (χ4n) is 3.11. The number of aromatic nitrogens is 2. The standard InChI is InChI=1S/C16H13ClN4O3S/c1-24-11-6-5-8(7-10(11)21(22)23)18-14-13-9-3-2-4-12(9)25-15(13)20-16(17)19-14/h5-7H,2-4H2,1H3,(H,18,19,20). The van der Waals surface area contributed by atoms with Gasteiger partial charge in [0.25, 0.3) is 0 Å². The number of anilines is 2. The van der Waals surface area contributed by atoms with Crippen LogP contribution in [0.25, 0.3) is 10.2 Å². The summed E-state index contributed by atoms with van der Waals surface area (Å²) in [5.74, 6) is 0.784. The highest BCUT2D eigenvalue weighted by atomic mass is 35.5. The summed E-state index contributed by atoms with van der Waals surface area (Å²) in [6.45, 7) is 0. The molecule has 0 bridgehead atoms. The van der Waals surface area contributed by atoms with Gasteiger partial charge in [-0.3, -0.25) is 10.1 Å². The van der Waals surface area contributed by atoms with Crippen LogP contribution in [0, 0.1) is 10.1 Å². The first-order valence-electron chi connectivity index (χ1n) is 7.64. The molecule has 0 spiro atoms. The zero-order chi connectivity index (χ0) is 17.6. The molecule has 0 aliphatic heterocycles. The molecule has 25 heavy (non-hydrogen) atoms. The van der Waals surface area contributed by atoms with Crippen molar-refractivity contribution in [1.29, 1.82) is 0 Å². The molecule has 2 heterocycles. The summed E-state index contributed by atoms with van der Waals surface area (Å²) in [4.78, 5) is 21.5. The third-order valence-corrected chi connectivity index (χ3v) is 5.53. The Morgan fingerprint density at radius 3 is 2.96 bits per heavy atom. The predicted octanol–water partition coefficient (Wildman–Crippen LogP) is 4.49. The molecular weight excluding hydrogens is 364 g/mol. The molecule has 2 aromatic heterocycles. The number of nitro groups is 1. The van der Waals surface area contributed by atoms with Gasteiger partial charge in [0, 0.05) is 16.6 Å². The molecule has 0 radical (unpaired) electrons. The first-order chi connectivity index (χ1) is 12.1.